The highest BCUT2D eigenvalue weighted by Gasteiger charge is 2.39. The van der Waals surface area contributed by atoms with Crippen LogP contribution < -0.4 is 4.74 Å². The average Bonchev–Trinajstić information content (AvgIpc) is 2.67. The molecule has 12 heteroatoms. The lowest BCUT2D eigenvalue weighted by molar-refractivity contribution is -0.144. The molecule has 2 aromatic heterocycles. The van der Waals surface area contributed by atoms with Gasteiger partial charge in [0.2, 0.25) is 5.88 Å². The van der Waals surface area contributed by atoms with Crippen LogP contribution in [-0.2, 0) is 12.4 Å². The van der Waals surface area contributed by atoms with Crippen LogP contribution >= 0.6 is 23.2 Å². The third-order valence-electron chi connectivity index (χ3n) is 3.88. The summed E-state index contributed by atoms with van der Waals surface area (Å²) in [6.45, 7) is 0. The van der Waals surface area contributed by atoms with Crippen LogP contribution in [0.4, 0.5) is 26.3 Å². The van der Waals surface area contributed by atoms with Crippen molar-refractivity contribution in [2.24, 2.45) is 0 Å². The molecule has 1 aromatic carbocycles. The minimum absolute atomic E-state index is 0.0826. The molecular weight excluding hydrogens is 471 g/mol. The van der Waals surface area contributed by atoms with Crippen molar-refractivity contribution in [3.63, 3.8) is 0 Å². The summed E-state index contributed by atoms with van der Waals surface area (Å²) in [7, 11) is 0. The predicted octanol–water partition coefficient (Wildman–Crippen LogP) is 6.92. The molecule has 0 radical (unpaired) electrons. The van der Waals surface area contributed by atoms with E-state index in [1.54, 1.807) is 0 Å². The molecule has 160 valence electrons. The highest BCUT2D eigenvalue weighted by molar-refractivity contribution is 6.35. The number of fused-ring (bicyclic) bond motifs is 1. The number of halogens is 8. The topological polar surface area (TPSA) is 58.8 Å². The summed E-state index contributed by atoms with van der Waals surface area (Å²) in [5.74, 6) is -0.384. The van der Waals surface area contributed by atoms with Crippen molar-refractivity contribution in [1.82, 2.24) is 9.97 Å². The van der Waals surface area contributed by atoms with E-state index in [1.807, 2.05) is 6.07 Å². The van der Waals surface area contributed by atoms with Gasteiger partial charge in [-0.1, -0.05) is 29.3 Å². The molecule has 0 amide bonds. The molecule has 0 aliphatic heterocycles. The number of pyridine rings is 2. The van der Waals surface area contributed by atoms with Crippen LogP contribution in [0.3, 0.4) is 0 Å². The zero-order chi connectivity index (χ0) is 23.0. The maximum Gasteiger partial charge on any atom is 0.433 e. The van der Waals surface area contributed by atoms with Crippen molar-refractivity contribution in [1.29, 1.82) is 5.26 Å². The van der Waals surface area contributed by atoms with Gasteiger partial charge in [0.05, 0.1) is 16.2 Å². The van der Waals surface area contributed by atoms with Crippen molar-refractivity contribution in [2.45, 2.75) is 12.4 Å². The molecule has 0 atom stereocenters. The van der Waals surface area contributed by atoms with Gasteiger partial charge in [0, 0.05) is 22.0 Å². The molecule has 0 saturated carbocycles. The van der Waals surface area contributed by atoms with Crippen molar-refractivity contribution < 1.29 is 31.1 Å². The van der Waals surface area contributed by atoms with E-state index < -0.39 is 34.6 Å². The summed E-state index contributed by atoms with van der Waals surface area (Å²) in [4.78, 5) is 6.79. The molecule has 4 nitrogen and oxygen atoms in total. The van der Waals surface area contributed by atoms with Crippen LogP contribution in [0.1, 0.15) is 16.8 Å². The summed E-state index contributed by atoms with van der Waals surface area (Å²) >= 11 is 11.8. The lowest BCUT2D eigenvalue weighted by atomic mass is 10.1. The summed E-state index contributed by atoms with van der Waals surface area (Å²) < 4.78 is 83.8. The SMILES string of the molecule is N#C/C(=C/Oc1ccc2c(C(F)(F)F)cc(C(F)(F)F)nc2n1)c1ccc(Cl)cc1Cl. The molecule has 2 heterocycles. The number of alkyl halides is 6. The molecule has 31 heavy (non-hydrogen) atoms. The fourth-order valence-electron chi connectivity index (χ4n) is 2.51. The predicted molar refractivity (Wildman–Crippen MR) is 100 cm³/mol. The van der Waals surface area contributed by atoms with Gasteiger partial charge < -0.3 is 4.74 Å². The molecule has 0 unspecified atom stereocenters. The molecule has 0 aliphatic carbocycles. The first kappa shape index (κ1) is 22.7. The van der Waals surface area contributed by atoms with Gasteiger partial charge in [0.15, 0.2) is 5.65 Å². The fraction of sp³-hybridized carbons (Fsp3) is 0.105. The zero-order valence-corrected chi connectivity index (χ0v) is 16.3. The number of nitriles is 1. The van der Waals surface area contributed by atoms with E-state index in [2.05, 4.69) is 9.97 Å². The Hall–Kier alpha value is -3.03. The fourth-order valence-corrected chi connectivity index (χ4v) is 3.02. The molecule has 0 N–H and O–H groups in total. The van der Waals surface area contributed by atoms with E-state index in [0.29, 0.717) is 5.02 Å². The summed E-state index contributed by atoms with van der Waals surface area (Å²) in [6, 6.07) is 7.88. The Morgan fingerprint density at radius 1 is 0.968 bits per heavy atom. The summed E-state index contributed by atoms with van der Waals surface area (Å²) in [5, 5.41) is 9.10. The third-order valence-corrected chi connectivity index (χ3v) is 4.43. The number of nitrogens with zero attached hydrogens (tertiary/aromatic N) is 3. The number of hydrogen-bond donors (Lipinski definition) is 0. The second kappa shape index (κ2) is 8.24. The maximum absolute atomic E-state index is 13.2. The van der Waals surface area contributed by atoms with Gasteiger partial charge in [-0.25, -0.2) is 4.98 Å². The van der Waals surface area contributed by atoms with Crippen LogP contribution in [0.15, 0.2) is 42.7 Å². The van der Waals surface area contributed by atoms with Gasteiger partial charge in [-0.2, -0.15) is 36.6 Å². The van der Waals surface area contributed by atoms with Gasteiger partial charge in [-0.15, -0.1) is 0 Å². The van der Waals surface area contributed by atoms with Crippen molar-refractivity contribution in [3.05, 3.63) is 69.5 Å². The smallest absolute Gasteiger partial charge is 0.433 e. The van der Waals surface area contributed by atoms with Crippen LogP contribution in [-0.4, -0.2) is 9.97 Å². The monoisotopic (exact) mass is 477 g/mol. The number of aromatic nitrogens is 2. The van der Waals surface area contributed by atoms with E-state index in [4.69, 9.17) is 27.9 Å². The Labute approximate surface area is 180 Å². The van der Waals surface area contributed by atoms with Crippen molar-refractivity contribution >= 4 is 39.8 Å². The quantitative estimate of drug-likeness (QED) is 0.233. The van der Waals surface area contributed by atoms with Crippen LogP contribution in [0.2, 0.25) is 10.0 Å². The molecule has 0 fully saturated rings. The Morgan fingerprint density at radius 3 is 2.26 bits per heavy atom. The van der Waals surface area contributed by atoms with E-state index in [-0.39, 0.29) is 28.1 Å². The van der Waals surface area contributed by atoms with Crippen LogP contribution in [0.25, 0.3) is 16.6 Å². The van der Waals surface area contributed by atoms with Gasteiger partial charge >= 0.3 is 12.4 Å². The summed E-state index contributed by atoms with van der Waals surface area (Å²) in [5.41, 5.74) is -3.96. The van der Waals surface area contributed by atoms with E-state index >= 15 is 0 Å². The second-order valence-corrected chi connectivity index (χ2v) is 6.80. The van der Waals surface area contributed by atoms with E-state index in [9.17, 15) is 31.6 Å². The van der Waals surface area contributed by atoms with E-state index in [0.717, 1.165) is 18.4 Å². The molecular formula is C19H7Cl2F6N3O. The molecule has 0 saturated heterocycles. The second-order valence-electron chi connectivity index (χ2n) is 5.96. The highest BCUT2D eigenvalue weighted by Crippen LogP contribution is 2.38. The highest BCUT2D eigenvalue weighted by atomic mass is 35.5. The lowest BCUT2D eigenvalue weighted by Gasteiger charge is -2.14. The molecule has 0 spiro atoms. The van der Waals surface area contributed by atoms with Gasteiger partial charge in [0.1, 0.15) is 18.0 Å². The number of allylic oxidation sites excluding steroid dienone is 1. The Kier molecular flexibility index (Phi) is 6.02. The number of rotatable bonds is 3. The first-order chi connectivity index (χ1) is 14.4. The number of hydrogen-bond acceptors (Lipinski definition) is 4. The Bertz CT molecular complexity index is 1230. The molecule has 3 rings (SSSR count). The third kappa shape index (κ3) is 5.00. The van der Waals surface area contributed by atoms with Gasteiger partial charge in [-0.3, -0.25) is 0 Å². The minimum Gasteiger partial charge on any atom is -0.445 e. The average molecular weight is 478 g/mol. The number of ether oxygens (including phenoxy) is 1. The number of benzene rings is 1. The lowest BCUT2D eigenvalue weighted by Crippen LogP contribution is -2.14. The van der Waals surface area contributed by atoms with Crippen molar-refractivity contribution in [3.8, 4) is 11.9 Å². The first-order valence-electron chi connectivity index (χ1n) is 8.08. The molecule has 3 aromatic rings. The van der Waals surface area contributed by atoms with Crippen molar-refractivity contribution in [2.75, 3.05) is 0 Å². The molecule has 0 aliphatic rings. The standard InChI is InChI=1S/C19H7Cl2F6N3O/c20-10-1-2-11(14(21)5-10)9(7-28)8-31-16-4-3-12-13(18(22,23)24)6-15(19(25,26)27)29-17(12)30-16/h1-6,8H/b9-8-. The van der Waals surface area contributed by atoms with Crippen LogP contribution in [0.5, 0.6) is 5.88 Å². The normalized spacial score (nSPS) is 12.7. The zero-order valence-electron chi connectivity index (χ0n) is 14.8. The first-order valence-corrected chi connectivity index (χ1v) is 8.84. The van der Waals surface area contributed by atoms with Gasteiger partial charge in [-0.05, 0) is 24.3 Å². The summed E-state index contributed by atoms with van der Waals surface area (Å²) in [6.07, 6.45) is -9.28. The molecule has 0 bridgehead atoms. The Morgan fingerprint density at radius 2 is 1.68 bits per heavy atom. The Balaban J connectivity index is 2.06. The maximum atomic E-state index is 13.2. The van der Waals surface area contributed by atoms with Crippen LogP contribution in [0, 0.1) is 11.3 Å². The van der Waals surface area contributed by atoms with Gasteiger partial charge in [0.25, 0.3) is 0 Å². The largest absolute Gasteiger partial charge is 0.445 e. The minimum atomic E-state index is -5.12. The van der Waals surface area contributed by atoms with E-state index in [1.165, 1.54) is 18.2 Å².